The van der Waals surface area contributed by atoms with Crippen molar-refractivity contribution in [3.63, 3.8) is 0 Å². The number of carbonyl (C=O) groups excluding carboxylic acids is 3. The van der Waals surface area contributed by atoms with Gasteiger partial charge < -0.3 is 53.4 Å². The summed E-state index contributed by atoms with van der Waals surface area (Å²) >= 11 is 0. The van der Waals surface area contributed by atoms with E-state index < -0.39 is 85.0 Å². The van der Waals surface area contributed by atoms with Gasteiger partial charge in [-0.2, -0.15) is 0 Å². The first-order valence-electron chi connectivity index (χ1n) is 23.4. The highest BCUT2D eigenvalue weighted by Gasteiger charge is 2.63. The minimum atomic E-state index is -1.20. The number of ether oxygens (including phenoxy) is 8. The lowest BCUT2D eigenvalue weighted by Crippen LogP contribution is -2.73. The number of nitrogens with one attached hydrogen (secondary N) is 2. The summed E-state index contributed by atoms with van der Waals surface area (Å²) in [6, 6.07) is 34.1. The van der Waals surface area contributed by atoms with Crippen molar-refractivity contribution in [1.82, 2.24) is 15.5 Å². The largest absolute Gasteiger partial charge is 0.445 e. The molecule has 17 heteroatoms. The van der Waals surface area contributed by atoms with E-state index in [0.717, 1.165) is 41.5 Å². The number of rotatable bonds is 16. The first-order chi connectivity index (χ1) is 33.2. The van der Waals surface area contributed by atoms with Gasteiger partial charge in [0, 0.05) is 24.8 Å². The molecule has 360 valence electrons. The highest BCUT2D eigenvalue weighted by Crippen LogP contribution is 2.47. The van der Waals surface area contributed by atoms with Gasteiger partial charge in [-0.05, 0) is 60.4 Å². The van der Waals surface area contributed by atoms with Crippen LogP contribution >= 0.6 is 0 Å². The molecule has 2 N–H and O–H groups in total. The first-order valence-corrected chi connectivity index (χ1v) is 23.4. The molecule has 0 bridgehead atoms. The monoisotopic (exact) mass is 932 g/mol. The molecule has 3 amide bonds. The fourth-order valence-corrected chi connectivity index (χ4v) is 9.43. The Kier molecular flexibility index (Phi) is 16.5. The second-order valence-corrected chi connectivity index (χ2v) is 17.7. The van der Waals surface area contributed by atoms with Crippen LogP contribution in [0.4, 0.5) is 14.4 Å². The molecule has 0 aromatic heterocycles. The minimum Gasteiger partial charge on any atom is -0.445 e. The highest BCUT2D eigenvalue weighted by molar-refractivity contribution is 5.69. The fraction of sp³-hybridized carbons (Fsp3) is 0.471. The standard InChI is InChI=1S/C51H60N6O11/c1-34(57(2)50(60)64-33-38-24-14-6-15-25-38)40-27-26-39(55-56-52)47(65-40)66-44-41(53-48(58)62-31-36-20-10-4-11-21-36)43(61-30-35-18-8-3-9-19-35)42(54-49(59)63-32-37-22-12-5-13-23-37)45-46(44)68-51(67-45)28-16-7-17-29-51/h3-6,8-15,18-25,34,39-47H,7,16-17,26-33H2,1-2H3,(H,53,58)(H,54,59)/t34?,39-,40+,41+,42-,43+,44-,45+,46+,47-/m1/s1. The smallest absolute Gasteiger partial charge is 0.410 e. The van der Waals surface area contributed by atoms with Gasteiger partial charge in [-0.3, -0.25) is 0 Å². The second-order valence-electron chi connectivity index (χ2n) is 17.7. The van der Waals surface area contributed by atoms with Crippen molar-refractivity contribution in [3.05, 3.63) is 154 Å². The molecule has 1 unspecified atom stereocenters. The first kappa shape index (κ1) is 48.3. The van der Waals surface area contributed by atoms with Crippen LogP contribution in [0.2, 0.25) is 0 Å². The Morgan fingerprint density at radius 3 is 1.74 bits per heavy atom. The maximum absolute atomic E-state index is 14.1. The highest BCUT2D eigenvalue weighted by atomic mass is 16.8. The SMILES string of the molecule is CC([C@@H]1CC[C@@H](N=[N+]=[N-])[C@@H](O[C@@H]2[C@@H](NC(=O)OCc3ccccc3)[C@H](OCc3ccccc3)[C@@H](NC(=O)OCc3ccccc3)[C@@H]3OC4(CCCCC4)O[C@@H]23)O1)N(C)C(=O)OCc1ccccc1. The number of fused-ring (bicyclic) bond motifs is 1. The van der Waals surface area contributed by atoms with Gasteiger partial charge in [0.1, 0.15) is 44.2 Å². The molecular weight excluding hydrogens is 873 g/mol. The van der Waals surface area contributed by atoms with Crippen LogP contribution < -0.4 is 10.6 Å². The lowest BCUT2D eigenvalue weighted by Gasteiger charge is -2.49. The number of benzene rings is 4. The molecule has 4 aliphatic rings. The third-order valence-electron chi connectivity index (χ3n) is 13.2. The molecule has 1 spiro atoms. The Morgan fingerprint density at radius 2 is 1.19 bits per heavy atom. The van der Waals surface area contributed by atoms with Gasteiger partial charge in [0.25, 0.3) is 0 Å². The van der Waals surface area contributed by atoms with Gasteiger partial charge >= 0.3 is 18.3 Å². The molecule has 2 saturated carbocycles. The van der Waals surface area contributed by atoms with Crippen LogP contribution in [0.15, 0.2) is 126 Å². The summed E-state index contributed by atoms with van der Waals surface area (Å²) < 4.78 is 51.9. The molecule has 2 aliphatic carbocycles. The van der Waals surface area contributed by atoms with Crippen molar-refractivity contribution in [2.45, 2.75) is 145 Å². The van der Waals surface area contributed by atoms with E-state index in [1.165, 1.54) is 4.90 Å². The van der Waals surface area contributed by atoms with Crippen LogP contribution in [0.3, 0.4) is 0 Å². The van der Waals surface area contributed by atoms with Crippen LogP contribution in [0.5, 0.6) is 0 Å². The summed E-state index contributed by atoms with van der Waals surface area (Å²) in [5, 5.41) is 10.2. The van der Waals surface area contributed by atoms with Crippen molar-refractivity contribution >= 4 is 18.3 Å². The van der Waals surface area contributed by atoms with Gasteiger partial charge in [0.15, 0.2) is 12.1 Å². The molecule has 17 nitrogen and oxygen atoms in total. The molecule has 2 saturated heterocycles. The Hall–Kier alpha value is -6.20. The molecule has 4 aromatic carbocycles. The predicted octanol–water partition coefficient (Wildman–Crippen LogP) is 8.85. The lowest BCUT2D eigenvalue weighted by atomic mass is 9.81. The van der Waals surface area contributed by atoms with E-state index in [-0.39, 0.29) is 26.4 Å². The van der Waals surface area contributed by atoms with E-state index in [2.05, 4.69) is 20.7 Å². The van der Waals surface area contributed by atoms with Gasteiger partial charge in [-0.25, -0.2) is 14.4 Å². The topological polar surface area (TPSA) is 201 Å². The van der Waals surface area contributed by atoms with Crippen molar-refractivity contribution in [2.24, 2.45) is 5.11 Å². The van der Waals surface area contributed by atoms with E-state index in [9.17, 15) is 19.9 Å². The van der Waals surface area contributed by atoms with Gasteiger partial charge in [0.2, 0.25) is 0 Å². The number of nitrogens with zero attached hydrogens (tertiary/aromatic N) is 4. The summed E-state index contributed by atoms with van der Waals surface area (Å²) in [6.45, 7) is 1.99. The molecule has 68 heavy (non-hydrogen) atoms. The number of hydrogen-bond donors (Lipinski definition) is 2. The molecule has 4 fully saturated rings. The number of azide groups is 1. The zero-order chi connectivity index (χ0) is 47.3. The van der Waals surface area contributed by atoms with E-state index >= 15 is 0 Å². The number of carbonyl (C=O) groups is 3. The fourth-order valence-electron chi connectivity index (χ4n) is 9.43. The average molecular weight is 933 g/mol. The third kappa shape index (κ3) is 12.3. The van der Waals surface area contributed by atoms with E-state index in [1.807, 2.05) is 128 Å². The zero-order valence-electron chi connectivity index (χ0n) is 38.4. The molecule has 2 heterocycles. The number of likely N-dealkylation sites (N-methyl/N-ethyl adjacent to an activating group) is 1. The molecule has 2 aliphatic heterocycles. The zero-order valence-corrected chi connectivity index (χ0v) is 38.4. The summed E-state index contributed by atoms with van der Waals surface area (Å²) in [5.74, 6) is -1.03. The quantitative estimate of drug-likeness (QED) is 0.0471. The molecule has 4 aromatic rings. The second kappa shape index (κ2) is 23.2. The molecule has 0 radical (unpaired) electrons. The van der Waals surface area contributed by atoms with E-state index in [0.29, 0.717) is 25.7 Å². The van der Waals surface area contributed by atoms with Gasteiger partial charge in [-0.15, -0.1) is 0 Å². The van der Waals surface area contributed by atoms with Crippen LogP contribution in [-0.4, -0.2) is 97.0 Å². The van der Waals surface area contributed by atoms with Crippen LogP contribution in [0.25, 0.3) is 10.4 Å². The van der Waals surface area contributed by atoms with Gasteiger partial charge in [0.05, 0.1) is 36.9 Å². The average Bonchev–Trinajstić information content (AvgIpc) is 3.74. The van der Waals surface area contributed by atoms with Crippen molar-refractivity contribution in [1.29, 1.82) is 0 Å². The minimum absolute atomic E-state index is 0.00287. The number of hydrogen-bond acceptors (Lipinski definition) is 12. The summed E-state index contributed by atoms with van der Waals surface area (Å²) in [7, 11) is 1.64. The van der Waals surface area contributed by atoms with Crippen LogP contribution in [0.1, 0.15) is 74.1 Å². The van der Waals surface area contributed by atoms with Gasteiger partial charge in [-0.1, -0.05) is 133 Å². The normalized spacial score (nSPS) is 26.5. The molecule has 10 atom stereocenters. The number of alkyl carbamates (subject to hydrolysis) is 2. The van der Waals surface area contributed by atoms with Crippen molar-refractivity contribution in [3.8, 4) is 0 Å². The number of amides is 3. The third-order valence-corrected chi connectivity index (χ3v) is 13.2. The molecule has 8 rings (SSSR count). The summed E-state index contributed by atoms with van der Waals surface area (Å²) in [6.07, 6.45) is -3.21. The van der Waals surface area contributed by atoms with Crippen LogP contribution in [0, 0.1) is 0 Å². The molecular formula is C51H60N6O11. The van der Waals surface area contributed by atoms with Crippen LogP contribution in [-0.2, 0) is 64.3 Å². The van der Waals surface area contributed by atoms with Crippen molar-refractivity contribution in [2.75, 3.05) is 7.05 Å². The summed E-state index contributed by atoms with van der Waals surface area (Å²) in [4.78, 5) is 46.1. The maximum atomic E-state index is 14.1. The predicted molar refractivity (Wildman–Crippen MR) is 247 cm³/mol. The van der Waals surface area contributed by atoms with Crippen molar-refractivity contribution < 1.29 is 52.3 Å². The maximum Gasteiger partial charge on any atom is 0.410 e. The Balaban J connectivity index is 1.12. The van der Waals surface area contributed by atoms with E-state index in [4.69, 9.17) is 37.9 Å². The summed E-state index contributed by atoms with van der Waals surface area (Å²) in [5.41, 5.74) is 13.1. The Labute approximate surface area is 396 Å². The Morgan fingerprint density at radius 1 is 0.691 bits per heavy atom. The lowest BCUT2D eigenvalue weighted by molar-refractivity contribution is -0.267. The van der Waals surface area contributed by atoms with E-state index in [1.54, 1.807) is 7.05 Å². The Bertz CT molecular complexity index is 2290.